The van der Waals surface area contributed by atoms with Crippen LogP contribution in [0.3, 0.4) is 0 Å². The van der Waals surface area contributed by atoms with Gasteiger partial charge in [0, 0.05) is 24.7 Å². The molecule has 1 N–H and O–H groups in total. The van der Waals surface area contributed by atoms with Gasteiger partial charge in [-0.1, -0.05) is 6.42 Å². The maximum atomic E-state index is 4.22. The molecule has 2 nitrogen and oxygen atoms in total. The molecule has 6 aliphatic rings. The fourth-order valence-electron chi connectivity index (χ4n) is 6.89. The monoisotopic (exact) mass is 274 g/mol. The van der Waals surface area contributed by atoms with Crippen molar-refractivity contribution in [2.24, 2.45) is 23.7 Å². The van der Waals surface area contributed by atoms with Crippen molar-refractivity contribution in [3.05, 3.63) is 0 Å². The number of nitrogens with one attached hydrogen (secondary N) is 1. The van der Waals surface area contributed by atoms with Crippen LogP contribution in [0, 0.1) is 23.7 Å². The average Bonchev–Trinajstić information content (AvgIpc) is 2.85. The SMILES string of the molecule is C1CCN2CCC(NC3C4CC5CC(C4)CC3C5)C2C1. The molecular weight excluding hydrogens is 244 g/mol. The molecule has 0 aromatic heterocycles. The summed E-state index contributed by atoms with van der Waals surface area (Å²) in [7, 11) is 0. The third kappa shape index (κ3) is 1.90. The summed E-state index contributed by atoms with van der Waals surface area (Å²) >= 11 is 0. The molecule has 4 saturated carbocycles. The molecule has 2 saturated heterocycles. The minimum atomic E-state index is 0.831. The number of hydrogen-bond acceptors (Lipinski definition) is 2. The third-order valence-electron chi connectivity index (χ3n) is 7.49. The summed E-state index contributed by atoms with van der Waals surface area (Å²) in [6.07, 6.45) is 13.6. The summed E-state index contributed by atoms with van der Waals surface area (Å²) in [5, 5.41) is 4.22. The van der Waals surface area contributed by atoms with Crippen LogP contribution in [-0.4, -0.2) is 36.1 Å². The smallest absolute Gasteiger partial charge is 0.0249 e. The molecule has 2 heteroatoms. The van der Waals surface area contributed by atoms with Gasteiger partial charge < -0.3 is 5.32 Å². The van der Waals surface area contributed by atoms with E-state index in [9.17, 15) is 0 Å². The molecule has 0 amide bonds. The summed E-state index contributed by atoms with van der Waals surface area (Å²) < 4.78 is 0. The first-order valence-corrected chi connectivity index (χ1v) is 9.37. The van der Waals surface area contributed by atoms with Gasteiger partial charge >= 0.3 is 0 Å². The summed E-state index contributed by atoms with van der Waals surface area (Å²) in [6, 6.07) is 2.62. The highest BCUT2D eigenvalue weighted by Crippen LogP contribution is 2.54. The highest BCUT2D eigenvalue weighted by molar-refractivity contribution is 5.04. The van der Waals surface area contributed by atoms with Crippen LogP contribution in [0.4, 0.5) is 0 Å². The molecule has 2 heterocycles. The lowest BCUT2D eigenvalue weighted by Gasteiger charge is -2.55. The minimum Gasteiger partial charge on any atom is -0.309 e. The zero-order chi connectivity index (χ0) is 13.1. The fourth-order valence-corrected chi connectivity index (χ4v) is 6.89. The molecule has 2 atom stereocenters. The Balaban J connectivity index is 1.30. The van der Waals surface area contributed by atoms with E-state index in [0.29, 0.717) is 0 Å². The van der Waals surface area contributed by atoms with Gasteiger partial charge in [0.1, 0.15) is 0 Å². The Morgan fingerprint density at radius 3 is 2.25 bits per heavy atom. The first-order valence-electron chi connectivity index (χ1n) is 9.37. The Hall–Kier alpha value is -0.0800. The highest BCUT2D eigenvalue weighted by Gasteiger charge is 2.49. The van der Waals surface area contributed by atoms with Crippen molar-refractivity contribution in [1.29, 1.82) is 0 Å². The summed E-state index contributed by atoms with van der Waals surface area (Å²) in [6.45, 7) is 2.75. The van der Waals surface area contributed by atoms with Crippen LogP contribution in [0.5, 0.6) is 0 Å². The second-order valence-electron chi connectivity index (χ2n) is 8.62. The normalized spacial score (nSPS) is 54.3. The number of nitrogens with zero attached hydrogens (tertiary/aromatic N) is 1. The lowest BCUT2D eigenvalue weighted by molar-refractivity contribution is -0.0197. The topological polar surface area (TPSA) is 15.3 Å². The van der Waals surface area contributed by atoms with Gasteiger partial charge in [-0.3, -0.25) is 4.90 Å². The van der Waals surface area contributed by atoms with Gasteiger partial charge in [-0.25, -0.2) is 0 Å². The standard InChI is InChI=1S/C18H30N2/c1-2-5-20-6-4-16(17(20)3-1)19-18-14-8-12-7-13(10-14)11-15(18)9-12/h12-19H,1-11H2. The lowest BCUT2D eigenvalue weighted by Crippen LogP contribution is -2.58. The first kappa shape index (κ1) is 12.5. The number of rotatable bonds is 2. The molecule has 112 valence electrons. The van der Waals surface area contributed by atoms with Crippen LogP contribution >= 0.6 is 0 Å². The number of piperidine rings is 1. The Morgan fingerprint density at radius 1 is 0.750 bits per heavy atom. The summed E-state index contributed by atoms with van der Waals surface area (Å²) in [4.78, 5) is 2.79. The van der Waals surface area contributed by atoms with Crippen molar-refractivity contribution >= 4 is 0 Å². The first-order chi connectivity index (χ1) is 9.87. The van der Waals surface area contributed by atoms with E-state index >= 15 is 0 Å². The van der Waals surface area contributed by atoms with Crippen LogP contribution in [0.25, 0.3) is 0 Å². The highest BCUT2D eigenvalue weighted by atomic mass is 15.2. The molecule has 6 fully saturated rings. The van der Waals surface area contributed by atoms with E-state index in [1.54, 1.807) is 32.1 Å². The van der Waals surface area contributed by atoms with Crippen LogP contribution in [-0.2, 0) is 0 Å². The van der Waals surface area contributed by atoms with E-state index in [1.807, 2.05) is 0 Å². The molecule has 6 rings (SSSR count). The summed E-state index contributed by atoms with van der Waals surface area (Å²) in [5.41, 5.74) is 0. The van der Waals surface area contributed by atoms with Crippen molar-refractivity contribution < 1.29 is 0 Å². The molecule has 0 radical (unpaired) electrons. The van der Waals surface area contributed by atoms with E-state index in [2.05, 4.69) is 10.2 Å². The maximum absolute atomic E-state index is 4.22. The predicted molar refractivity (Wildman–Crippen MR) is 81.6 cm³/mol. The molecule has 4 aliphatic carbocycles. The van der Waals surface area contributed by atoms with Crippen molar-refractivity contribution in [2.45, 2.75) is 75.9 Å². The van der Waals surface area contributed by atoms with Gasteiger partial charge in [-0.15, -0.1) is 0 Å². The second kappa shape index (κ2) is 4.71. The Labute approximate surface area is 123 Å². The van der Waals surface area contributed by atoms with Crippen molar-refractivity contribution in [3.63, 3.8) is 0 Å². The largest absolute Gasteiger partial charge is 0.309 e. The average molecular weight is 274 g/mol. The summed E-state index contributed by atoms with van der Waals surface area (Å²) in [5.74, 6) is 4.32. The zero-order valence-electron chi connectivity index (χ0n) is 12.8. The van der Waals surface area contributed by atoms with E-state index in [4.69, 9.17) is 0 Å². The Kier molecular flexibility index (Phi) is 2.93. The minimum absolute atomic E-state index is 0.831. The molecule has 0 spiro atoms. The number of fused-ring (bicyclic) bond motifs is 1. The van der Waals surface area contributed by atoms with E-state index in [-0.39, 0.29) is 0 Å². The zero-order valence-corrected chi connectivity index (χ0v) is 12.8. The van der Waals surface area contributed by atoms with Crippen molar-refractivity contribution in [2.75, 3.05) is 13.1 Å². The van der Waals surface area contributed by atoms with Gasteiger partial charge in [0.15, 0.2) is 0 Å². The van der Waals surface area contributed by atoms with Crippen LogP contribution in [0.15, 0.2) is 0 Å². The van der Waals surface area contributed by atoms with Crippen LogP contribution < -0.4 is 5.32 Å². The molecule has 0 aromatic carbocycles. The molecule has 20 heavy (non-hydrogen) atoms. The fraction of sp³-hybridized carbons (Fsp3) is 1.00. The van der Waals surface area contributed by atoms with Gasteiger partial charge in [0.2, 0.25) is 0 Å². The van der Waals surface area contributed by atoms with Crippen LogP contribution in [0.1, 0.15) is 57.8 Å². The third-order valence-corrected chi connectivity index (χ3v) is 7.49. The maximum Gasteiger partial charge on any atom is 0.0249 e. The van der Waals surface area contributed by atoms with E-state index in [1.165, 1.54) is 38.8 Å². The molecule has 4 bridgehead atoms. The van der Waals surface area contributed by atoms with E-state index in [0.717, 1.165) is 41.8 Å². The van der Waals surface area contributed by atoms with Gasteiger partial charge in [0.25, 0.3) is 0 Å². The van der Waals surface area contributed by atoms with E-state index < -0.39 is 0 Å². The molecule has 2 unspecified atom stereocenters. The number of hydrogen-bond donors (Lipinski definition) is 1. The van der Waals surface area contributed by atoms with Crippen LogP contribution in [0.2, 0.25) is 0 Å². The van der Waals surface area contributed by atoms with Gasteiger partial charge in [0.05, 0.1) is 0 Å². The van der Waals surface area contributed by atoms with Gasteiger partial charge in [-0.2, -0.15) is 0 Å². The molecule has 2 aliphatic heterocycles. The lowest BCUT2D eigenvalue weighted by atomic mass is 9.54. The Morgan fingerprint density at radius 2 is 1.50 bits per heavy atom. The molecule has 0 aromatic rings. The van der Waals surface area contributed by atoms with Crippen molar-refractivity contribution in [1.82, 2.24) is 10.2 Å². The Bertz CT molecular complexity index is 352. The quantitative estimate of drug-likeness (QED) is 0.832. The second-order valence-corrected chi connectivity index (χ2v) is 8.62. The van der Waals surface area contributed by atoms with Crippen molar-refractivity contribution in [3.8, 4) is 0 Å². The molecular formula is C18H30N2. The predicted octanol–water partition coefficient (Wildman–Crippen LogP) is 3.03. The van der Waals surface area contributed by atoms with Gasteiger partial charge in [-0.05, 0) is 81.6 Å².